The van der Waals surface area contributed by atoms with E-state index in [1.807, 2.05) is 13.8 Å². The van der Waals surface area contributed by atoms with E-state index in [4.69, 9.17) is 18.9 Å². The van der Waals surface area contributed by atoms with Gasteiger partial charge in [-0.05, 0) is 49.2 Å². The van der Waals surface area contributed by atoms with Gasteiger partial charge >= 0.3 is 0 Å². The van der Waals surface area contributed by atoms with Crippen LogP contribution in [0.4, 0.5) is 0 Å². The number of ether oxygens (including phenoxy) is 4. The molecule has 0 aromatic heterocycles. The van der Waals surface area contributed by atoms with Crippen LogP contribution in [0.5, 0.6) is 23.0 Å². The molecule has 0 bridgehead atoms. The molecule has 8 nitrogen and oxygen atoms in total. The van der Waals surface area contributed by atoms with Crippen molar-refractivity contribution in [2.75, 3.05) is 27.4 Å². The number of carbonyl (C=O) groups excluding carboxylic acids is 2. The van der Waals surface area contributed by atoms with E-state index in [1.54, 1.807) is 30.3 Å². The second kappa shape index (κ2) is 11.5. The Bertz CT molecular complexity index is 869. The summed E-state index contributed by atoms with van der Waals surface area (Å²) < 4.78 is 21.7. The summed E-state index contributed by atoms with van der Waals surface area (Å²) in [5, 5.41) is 0. The van der Waals surface area contributed by atoms with Gasteiger partial charge in [0.25, 0.3) is 11.8 Å². The summed E-state index contributed by atoms with van der Waals surface area (Å²) in [6.07, 6.45) is 1.68. The van der Waals surface area contributed by atoms with Crippen LogP contribution in [-0.2, 0) is 0 Å². The fourth-order valence-corrected chi connectivity index (χ4v) is 2.54. The topological polar surface area (TPSA) is 95.1 Å². The smallest absolute Gasteiger partial charge is 0.269 e. The summed E-state index contributed by atoms with van der Waals surface area (Å²) in [5.41, 5.74) is 5.43. The average molecular weight is 416 g/mol. The van der Waals surface area contributed by atoms with Crippen LogP contribution in [0.3, 0.4) is 0 Å². The van der Waals surface area contributed by atoms with Gasteiger partial charge in [0.05, 0.1) is 27.4 Å². The molecular weight excluding hydrogens is 388 g/mol. The van der Waals surface area contributed by atoms with Crippen molar-refractivity contribution in [3.05, 3.63) is 47.5 Å². The first-order chi connectivity index (χ1) is 14.5. The minimum absolute atomic E-state index is 0.309. The number of rotatable bonds is 10. The normalized spacial score (nSPS) is 10.1. The molecule has 0 heterocycles. The van der Waals surface area contributed by atoms with Crippen molar-refractivity contribution in [3.63, 3.8) is 0 Å². The van der Waals surface area contributed by atoms with Crippen molar-refractivity contribution < 1.29 is 28.5 Å². The Balaban J connectivity index is 2.07. The third-order valence-corrected chi connectivity index (χ3v) is 4.06. The van der Waals surface area contributed by atoms with Gasteiger partial charge < -0.3 is 18.9 Å². The number of amides is 2. The van der Waals surface area contributed by atoms with Gasteiger partial charge in [0, 0.05) is 11.1 Å². The molecule has 0 saturated heterocycles. The van der Waals surface area contributed by atoms with Crippen LogP contribution < -0.4 is 29.8 Å². The molecule has 2 N–H and O–H groups in total. The lowest BCUT2D eigenvalue weighted by Crippen LogP contribution is -2.41. The molecule has 0 aliphatic rings. The van der Waals surface area contributed by atoms with E-state index in [-0.39, 0.29) is 0 Å². The maximum Gasteiger partial charge on any atom is 0.269 e. The summed E-state index contributed by atoms with van der Waals surface area (Å²) in [7, 11) is 2.99. The van der Waals surface area contributed by atoms with Crippen molar-refractivity contribution >= 4 is 11.8 Å². The highest BCUT2D eigenvalue weighted by Gasteiger charge is 2.14. The first-order valence-electron chi connectivity index (χ1n) is 9.76. The van der Waals surface area contributed by atoms with Gasteiger partial charge in [-0.1, -0.05) is 13.8 Å². The number of hydrogen-bond donors (Lipinski definition) is 2. The Kier molecular flexibility index (Phi) is 8.80. The quantitative estimate of drug-likeness (QED) is 0.577. The van der Waals surface area contributed by atoms with Crippen molar-refractivity contribution in [1.29, 1.82) is 0 Å². The summed E-state index contributed by atoms with van der Waals surface area (Å²) in [4.78, 5) is 24.9. The molecule has 0 unspecified atom stereocenters. The van der Waals surface area contributed by atoms with Crippen LogP contribution in [0.2, 0.25) is 0 Å². The molecule has 0 aliphatic carbocycles. The first kappa shape index (κ1) is 22.9. The lowest BCUT2D eigenvalue weighted by atomic mass is 10.2. The fourth-order valence-electron chi connectivity index (χ4n) is 2.54. The molecule has 2 aromatic rings. The van der Waals surface area contributed by atoms with Gasteiger partial charge in [-0.3, -0.25) is 20.4 Å². The predicted molar refractivity (Wildman–Crippen MR) is 112 cm³/mol. The van der Waals surface area contributed by atoms with Crippen LogP contribution in [0.15, 0.2) is 36.4 Å². The first-order valence-corrected chi connectivity index (χ1v) is 9.76. The second-order valence-electron chi connectivity index (χ2n) is 6.34. The molecule has 2 amide bonds. The molecule has 2 rings (SSSR count). The molecule has 0 aliphatic heterocycles. The predicted octanol–water partition coefficient (Wildman–Crippen LogP) is 3.36. The van der Waals surface area contributed by atoms with Crippen LogP contribution in [0, 0.1) is 0 Å². The largest absolute Gasteiger partial charge is 0.493 e. The van der Waals surface area contributed by atoms with E-state index in [0.29, 0.717) is 47.3 Å². The standard InChI is InChI=1S/C22H28N2O6/c1-5-11-29-18-10-8-16(14-20(18)30-12-6-2)22(26)24-23-21(25)15-7-9-17(27-3)19(13-15)28-4/h7-10,13-14H,5-6,11-12H2,1-4H3,(H,23,25)(H,24,26). The number of hydrogen-bond acceptors (Lipinski definition) is 6. The molecule has 0 atom stereocenters. The zero-order valence-electron chi connectivity index (χ0n) is 17.7. The molecule has 162 valence electrons. The zero-order chi connectivity index (χ0) is 21.9. The van der Waals surface area contributed by atoms with E-state index in [9.17, 15) is 9.59 Å². The van der Waals surface area contributed by atoms with E-state index in [1.165, 1.54) is 20.3 Å². The molecule has 0 radical (unpaired) electrons. The van der Waals surface area contributed by atoms with E-state index in [2.05, 4.69) is 10.9 Å². The van der Waals surface area contributed by atoms with Crippen LogP contribution >= 0.6 is 0 Å². The molecule has 2 aromatic carbocycles. The number of benzene rings is 2. The maximum absolute atomic E-state index is 12.5. The third kappa shape index (κ3) is 6.04. The lowest BCUT2D eigenvalue weighted by Gasteiger charge is -2.14. The summed E-state index contributed by atoms with van der Waals surface area (Å²) >= 11 is 0. The summed E-state index contributed by atoms with van der Waals surface area (Å²) in [6.45, 7) is 5.06. The van der Waals surface area contributed by atoms with Crippen LogP contribution in [-0.4, -0.2) is 39.2 Å². The Morgan fingerprint density at radius 1 is 0.700 bits per heavy atom. The molecule has 0 fully saturated rings. The van der Waals surface area contributed by atoms with E-state index >= 15 is 0 Å². The molecule has 30 heavy (non-hydrogen) atoms. The Hall–Kier alpha value is -3.42. The molecule has 0 spiro atoms. The fraction of sp³-hybridized carbons (Fsp3) is 0.364. The number of carbonyl (C=O) groups is 2. The van der Waals surface area contributed by atoms with Crippen molar-refractivity contribution in [3.8, 4) is 23.0 Å². The Labute approximate surface area is 176 Å². The minimum atomic E-state index is -0.491. The van der Waals surface area contributed by atoms with Gasteiger partial charge in [-0.15, -0.1) is 0 Å². The minimum Gasteiger partial charge on any atom is -0.493 e. The SMILES string of the molecule is CCCOc1ccc(C(=O)NNC(=O)c2ccc(OC)c(OC)c2)cc1OCCC. The van der Waals surface area contributed by atoms with Gasteiger partial charge in [0.15, 0.2) is 23.0 Å². The van der Waals surface area contributed by atoms with Crippen molar-refractivity contribution in [1.82, 2.24) is 10.9 Å². The average Bonchev–Trinajstić information content (AvgIpc) is 2.79. The van der Waals surface area contributed by atoms with Gasteiger partial charge in [0.1, 0.15) is 0 Å². The van der Waals surface area contributed by atoms with Gasteiger partial charge in [0.2, 0.25) is 0 Å². The summed E-state index contributed by atoms with van der Waals surface area (Å²) in [6, 6.07) is 9.60. The van der Waals surface area contributed by atoms with E-state index in [0.717, 1.165) is 12.8 Å². The van der Waals surface area contributed by atoms with Gasteiger partial charge in [-0.25, -0.2) is 0 Å². The van der Waals surface area contributed by atoms with Crippen molar-refractivity contribution in [2.24, 2.45) is 0 Å². The highest BCUT2D eigenvalue weighted by atomic mass is 16.5. The third-order valence-electron chi connectivity index (χ3n) is 4.06. The highest BCUT2D eigenvalue weighted by molar-refractivity contribution is 5.99. The number of nitrogens with one attached hydrogen (secondary N) is 2. The zero-order valence-corrected chi connectivity index (χ0v) is 17.7. The van der Waals surface area contributed by atoms with Crippen LogP contribution in [0.1, 0.15) is 47.4 Å². The number of hydrazine groups is 1. The van der Waals surface area contributed by atoms with Gasteiger partial charge in [-0.2, -0.15) is 0 Å². The lowest BCUT2D eigenvalue weighted by molar-refractivity contribution is 0.0846. The molecule has 8 heteroatoms. The highest BCUT2D eigenvalue weighted by Crippen LogP contribution is 2.29. The van der Waals surface area contributed by atoms with Crippen LogP contribution in [0.25, 0.3) is 0 Å². The van der Waals surface area contributed by atoms with E-state index < -0.39 is 11.8 Å². The Morgan fingerprint density at radius 2 is 1.17 bits per heavy atom. The molecular formula is C22H28N2O6. The van der Waals surface area contributed by atoms with Crippen molar-refractivity contribution in [2.45, 2.75) is 26.7 Å². The number of methoxy groups -OCH3 is 2. The molecule has 0 saturated carbocycles. The second-order valence-corrected chi connectivity index (χ2v) is 6.34. The monoisotopic (exact) mass is 416 g/mol. The maximum atomic E-state index is 12.5. The summed E-state index contributed by atoms with van der Waals surface area (Å²) in [5.74, 6) is 1.02. The Morgan fingerprint density at radius 3 is 1.67 bits per heavy atom.